The molecule has 1 aliphatic rings. The predicted octanol–water partition coefficient (Wildman–Crippen LogP) is 3.87. The number of carbonyl (C=O) groups is 1. The summed E-state index contributed by atoms with van der Waals surface area (Å²) in [6.07, 6.45) is 1.91. The van der Waals surface area contributed by atoms with Crippen LogP contribution in [0.25, 0.3) is 0 Å². The van der Waals surface area contributed by atoms with Crippen LogP contribution in [0.5, 0.6) is 0 Å². The van der Waals surface area contributed by atoms with Gasteiger partial charge < -0.3 is 4.90 Å². The molecule has 92 valence electrons. The van der Waals surface area contributed by atoms with E-state index in [2.05, 4.69) is 32.7 Å². The molecule has 0 unspecified atom stereocenters. The van der Waals surface area contributed by atoms with E-state index < -0.39 is 0 Å². The first-order valence-corrected chi connectivity index (χ1v) is 6.27. The number of fused-ring (bicyclic) bond motifs is 1. The van der Waals surface area contributed by atoms with E-state index in [1.165, 1.54) is 5.56 Å². The number of halogens is 1. The van der Waals surface area contributed by atoms with E-state index in [4.69, 9.17) is 11.6 Å². The van der Waals surface area contributed by atoms with Gasteiger partial charge in [-0.05, 0) is 43.9 Å². The van der Waals surface area contributed by atoms with E-state index in [0.29, 0.717) is 16.5 Å². The van der Waals surface area contributed by atoms with Crippen LogP contribution in [-0.2, 0) is 0 Å². The lowest BCUT2D eigenvalue weighted by Crippen LogP contribution is -2.45. The van der Waals surface area contributed by atoms with E-state index in [-0.39, 0.29) is 5.54 Å². The molecule has 3 heteroatoms. The van der Waals surface area contributed by atoms with Crippen LogP contribution >= 0.6 is 11.6 Å². The van der Waals surface area contributed by atoms with Crippen molar-refractivity contribution < 1.29 is 4.79 Å². The van der Waals surface area contributed by atoms with Crippen LogP contribution < -0.4 is 4.90 Å². The molecule has 17 heavy (non-hydrogen) atoms. The van der Waals surface area contributed by atoms with Gasteiger partial charge in [0.2, 0.25) is 0 Å². The Labute approximate surface area is 108 Å². The summed E-state index contributed by atoms with van der Waals surface area (Å²) < 4.78 is 0. The van der Waals surface area contributed by atoms with E-state index in [1.807, 2.05) is 12.1 Å². The maximum atomic E-state index is 10.9. The second-order valence-electron chi connectivity index (χ2n) is 5.53. The molecule has 0 saturated heterocycles. The molecule has 0 aliphatic carbocycles. The van der Waals surface area contributed by atoms with Crippen molar-refractivity contribution in [3.05, 3.63) is 28.3 Å². The molecule has 2 nitrogen and oxygen atoms in total. The highest BCUT2D eigenvalue weighted by molar-refractivity contribution is 6.33. The quantitative estimate of drug-likeness (QED) is 0.706. The zero-order valence-electron chi connectivity index (χ0n) is 10.7. The Kier molecular flexibility index (Phi) is 2.94. The first-order chi connectivity index (χ1) is 7.86. The van der Waals surface area contributed by atoms with E-state index in [9.17, 15) is 4.79 Å². The third-order valence-corrected chi connectivity index (χ3v) is 4.21. The molecule has 0 radical (unpaired) electrons. The number of anilines is 1. The van der Waals surface area contributed by atoms with Gasteiger partial charge in [-0.2, -0.15) is 0 Å². The van der Waals surface area contributed by atoms with E-state index in [0.717, 1.165) is 18.4 Å². The van der Waals surface area contributed by atoms with E-state index >= 15 is 0 Å². The number of carbonyl (C=O) groups excluding carboxylic acids is 1. The average molecular weight is 252 g/mol. The normalized spacial score (nSPS) is 22.2. The molecule has 0 N–H and O–H groups in total. The SMILES string of the molecule is C[C@H]1CC(C)(C)N(C)c2cc(Cl)c(C=O)cc21. The maximum Gasteiger partial charge on any atom is 0.151 e. The van der Waals surface area contributed by atoms with Crippen molar-refractivity contribution in [1.29, 1.82) is 0 Å². The third-order valence-electron chi connectivity index (χ3n) is 3.88. The van der Waals surface area contributed by atoms with Gasteiger partial charge in [0.25, 0.3) is 0 Å². The van der Waals surface area contributed by atoms with Gasteiger partial charge in [0.05, 0.1) is 5.02 Å². The topological polar surface area (TPSA) is 20.3 Å². The Morgan fingerprint density at radius 2 is 2.12 bits per heavy atom. The van der Waals surface area contributed by atoms with Crippen LogP contribution in [0.15, 0.2) is 12.1 Å². The Balaban J connectivity index is 2.61. The van der Waals surface area contributed by atoms with Crippen molar-refractivity contribution in [2.75, 3.05) is 11.9 Å². The first kappa shape index (κ1) is 12.4. The fourth-order valence-electron chi connectivity index (χ4n) is 2.69. The van der Waals surface area contributed by atoms with Crippen LogP contribution in [0, 0.1) is 0 Å². The molecule has 0 saturated carbocycles. The Hall–Kier alpha value is -1.02. The maximum absolute atomic E-state index is 10.9. The van der Waals surface area contributed by atoms with Crippen LogP contribution in [0.3, 0.4) is 0 Å². The van der Waals surface area contributed by atoms with Crippen molar-refractivity contribution >= 4 is 23.6 Å². The lowest BCUT2D eigenvalue weighted by molar-refractivity contribution is 0.112. The van der Waals surface area contributed by atoms with Crippen molar-refractivity contribution in [2.24, 2.45) is 0 Å². The van der Waals surface area contributed by atoms with Gasteiger partial charge in [-0.1, -0.05) is 18.5 Å². The number of nitrogens with zero attached hydrogens (tertiary/aromatic N) is 1. The summed E-state index contributed by atoms with van der Waals surface area (Å²) in [6.45, 7) is 6.66. The van der Waals surface area contributed by atoms with Crippen molar-refractivity contribution in [3.8, 4) is 0 Å². The molecule has 0 aromatic heterocycles. The molecule has 0 fully saturated rings. The molecule has 2 rings (SSSR count). The minimum Gasteiger partial charge on any atom is -0.369 e. The largest absolute Gasteiger partial charge is 0.369 e. The molecular weight excluding hydrogens is 234 g/mol. The van der Waals surface area contributed by atoms with Gasteiger partial charge in [-0.3, -0.25) is 4.79 Å². The third kappa shape index (κ3) is 1.95. The Morgan fingerprint density at radius 1 is 1.47 bits per heavy atom. The van der Waals surface area contributed by atoms with E-state index in [1.54, 1.807) is 0 Å². The van der Waals surface area contributed by atoms with Crippen molar-refractivity contribution in [1.82, 2.24) is 0 Å². The molecule has 1 atom stereocenters. The van der Waals surface area contributed by atoms with Gasteiger partial charge in [0, 0.05) is 23.8 Å². The number of rotatable bonds is 1. The zero-order chi connectivity index (χ0) is 12.8. The fourth-order valence-corrected chi connectivity index (χ4v) is 2.90. The average Bonchev–Trinajstić information content (AvgIpc) is 2.25. The number of hydrogen-bond donors (Lipinski definition) is 0. The number of benzene rings is 1. The van der Waals surface area contributed by atoms with Crippen molar-refractivity contribution in [2.45, 2.75) is 38.6 Å². The smallest absolute Gasteiger partial charge is 0.151 e. The second kappa shape index (κ2) is 4.02. The Bertz CT molecular complexity index is 468. The lowest BCUT2D eigenvalue weighted by atomic mass is 9.80. The molecule has 0 amide bonds. The predicted molar refractivity (Wildman–Crippen MR) is 72.4 cm³/mol. The van der Waals surface area contributed by atoms with Gasteiger partial charge in [0.15, 0.2) is 6.29 Å². The fraction of sp³-hybridized carbons (Fsp3) is 0.500. The van der Waals surface area contributed by atoms with Gasteiger partial charge >= 0.3 is 0 Å². The lowest BCUT2D eigenvalue weighted by Gasteiger charge is -2.45. The van der Waals surface area contributed by atoms with Crippen LogP contribution in [0.4, 0.5) is 5.69 Å². The highest BCUT2D eigenvalue weighted by Gasteiger charge is 2.34. The summed E-state index contributed by atoms with van der Waals surface area (Å²) in [5, 5.41) is 0.538. The summed E-state index contributed by atoms with van der Waals surface area (Å²) in [5.41, 5.74) is 3.08. The highest BCUT2D eigenvalue weighted by atomic mass is 35.5. The zero-order valence-corrected chi connectivity index (χ0v) is 11.5. The number of aldehydes is 1. The second-order valence-corrected chi connectivity index (χ2v) is 5.93. The van der Waals surface area contributed by atoms with Gasteiger partial charge in [0.1, 0.15) is 0 Å². The monoisotopic (exact) mass is 251 g/mol. The Morgan fingerprint density at radius 3 is 2.71 bits per heavy atom. The highest BCUT2D eigenvalue weighted by Crippen LogP contribution is 2.43. The summed E-state index contributed by atoms with van der Waals surface area (Å²) in [4.78, 5) is 13.2. The van der Waals surface area contributed by atoms with Gasteiger partial charge in [-0.15, -0.1) is 0 Å². The number of hydrogen-bond acceptors (Lipinski definition) is 2. The summed E-state index contributed by atoms with van der Waals surface area (Å²) in [6, 6.07) is 3.85. The molecule has 1 aliphatic heterocycles. The minimum atomic E-state index is 0.123. The van der Waals surface area contributed by atoms with Crippen LogP contribution in [0.1, 0.15) is 49.0 Å². The standard InChI is InChI=1S/C14H18ClNO/c1-9-7-14(2,3)16(4)13-6-12(15)10(8-17)5-11(9)13/h5-6,8-9H,7H2,1-4H3/t9-/m0/s1. The summed E-state index contributed by atoms with van der Waals surface area (Å²) in [5.74, 6) is 0.451. The van der Waals surface area contributed by atoms with Gasteiger partial charge in [-0.25, -0.2) is 0 Å². The van der Waals surface area contributed by atoms with Crippen LogP contribution in [0.2, 0.25) is 5.02 Å². The molecular formula is C14H18ClNO. The van der Waals surface area contributed by atoms with Crippen molar-refractivity contribution in [3.63, 3.8) is 0 Å². The first-order valence-electron chi connectivity index (χ1n) is 5.89. The molecule has 1 aromatic rings. The molecule has 1 aromatic carbocycles. The minimum absolute atomic E-state index is 0.123. The molecule has 0 spiro atoms. The van der Waals surface area contributed by atoms with Crippen LogP contribution in [-0.4, -0.2) is 18.9 Å². The molecule has 1 heterocycles. The molecule has 0 bridgehead atoms. The summed E-state index contributed by atoms with van der Waals surface area (Å²) in [7, 11) is 2.08. The summed E-state index contributed by atoms with van der Waals surface area (Å²) >= 11 is 6.11.